The van der Waals surface area contributed by atoms with Gasteiger partial charge < -0.3 is 10.2 Å². The Morgan fingerprint density at radius 3 is 2.52 bits per heavy atom. The second-order valence-electron chi connectivity index (χ2n) is 4.61. The maximum atomic E-state index is 12.7. The summed E-state index contributed by atoms with van der Waals surface area (Å²) in [7, 11) is 0. The van der Waals surface area contributed by atoms with Crippen LogP contribution < -0.4 is 10.2 Å². The van der Waals surface area contributed by atoms with Gasteiger partial charge in [-0.15, -0.1) is 0 Å². The van der Waals surface area contributed by atoms with Crippen molar-refractivity contribution in [1.29, 1.82) is 0 Å². The van der Waals surface area contributed by atoms with E-state index in [4.69, 9.17) is 11.6 Å². The number of nitrogens with zero attached hydrogens (tertiary/aromatic N) is 3. The number of aromatic nitrogens is 2. The first kappa shape index (κ1) is 17.5. The Balaban J connectivity index is 3.00. The first-order valence-electron chi connectivity index (χ1n) is 6.29. The van der Waals surface area contributed by atoms with Crippen LogP contribution in [0, 0.1) is 0 Å². The van der Waals surface area contributed by atoms with Gasteiger partial charge in [-0.25, -0.2) is 9.97 Å². The van der Waals surface area contributed by atoms with Gasteiger partial charge in [-0.05, 0) is 20.8 Å². The Kier molecular flexibility index (Phi) is 5.77. The molecule has 0 aromatic carbocycles. The summed E-state index contributed by atoms with van der Waals surface area (Å²) in [5.74, 6) is -1.67. The third-order valence-electron chi connectivity index (χ3n) is 2.42. The van der Waals surface area contributed by atoms with Gasteiger partial charge in [-0.2, -0.15) is 13.2 Å². The van der Waals surface area contributed by atoms with Crippen LogP contribution in [0.5, 0.6) is 0 Å². The number of nitrogens with one attached hydrogen (secondary N) is 1. The van der Waals surface area contributed by atoms with E-state index >= 15 is 0 Å². The lowest BCUT2D eigenvalue weighted by Crippen LogP contribution is -2.40. The number of halogens is 4. The number of amides is 1. The van der Waals surface area contributed by atoms with Crippen LogP contribution in [0.15, 0.2) is 6.07 Å². The van der Waals surface area contributed by atoms with Crippen molar-refractivity contribution in [2.75, 3.05) is 18.0 Å². The third-order valence-corrected chi connectivity index (χ3v) is 2.62. The van der Waals surface area contributed by atoms with Crippen molar-refractivity contribution in [3.05, 3.63) is 17.0 Å². The quantitative estimate of drug-likeness (QED) is 0.845. The summed E-state index contributed by atoms with van der Waals surface area (Å²) < 4.78 is 38.0. The van der Waals surface area contributed by atoms with E-state index < -0.39 is 12.0 Å². The summed E-state index contributed by atoms with van der Waals surface area (Å²) in [6.07, 6.45) is -4.70. The number of alkyl halides is 3. The van der Waals surface area contributed by atoms with Crippen LogP contribution in [0.2, 0.25) is 5.15 Å². The maximum absolute atomic E-state index is 12.7. The molecule has 0 atom stereocenters. The minimum atomic E-state index is -4.70. The van der Waals surface area contributed by atoms with E-state index in [0.717, 1.165) is 0 Å². The smallest absolute Gasteiger partial charge is 0.352 e. The van der Waals surface area contributed by atoms with Gasteiger partial charge in [-0.3, -0.25) is 4.79 Å². The second-order valence-corrected chi connectivity index (χ2v) is 4.99. The molecule has 1 heterocycles. The SMILES string of the molecule is CCN(CC(=O)NC(C)C)c1cc(Cl)nc(C(F)(F)F)n1. The van der Waals surface area contributed by atoms with Gasteiger partial charge in [0.1, 0.15) is 11.0 Å². The zero-order valence-electron chi connectivity index (χ0n) is 11.8. The molecule has 1 aromatic rings. The summed E-state index contributed by atoms with van der Waals surface area (Å²) in [5, 5.41) is 2.33. The lowest BCUT2D eigenvalue weighted by atomic mass is 10.3. The average molecular weight is 325 g/mol. The molecule has 0 saturated carbocycles. The number of hydrogen-bond acceptors (Lipinski definition) is 4. The van der Waals surface area contributed by atoms with Crippen LogP contribution in [0.25, 0.3) is 0 Å². The van der Waals surface area contributed by atoms with Crippen LogP contribution in [-0.4, -0.2) is 35.0 Å². The van der Waals surface area contributed by atoms with Crippen LogP contribution in [0.4, 0.5) is 19.0 Å². The van der Waals surface area contributed by atoms with Crippen molar-refractivity contribution in [3.8, 4) is 0 Å². The fraction of sp³-hybridized carbons (Fsp3) is 0.583. The Hall–Kier alpha value is -1.57. The topological polar surface area (TPSA) is 58.1 Å². The monoisotopic (exact) mass is 324 g/mol. The minimum Gasteiger partial charge on any atom is -0.352 e. The summed E-state index contributed by atoms with van der Waals surface area (Å²) in [6.45, 7) is 5.47. The molecular weight excluding hydrogens is 309 g/mol. The molecule has 0 aliphatic carbocycles. The fourth-order valence-electron chi connectivity index (χ4n) is 1.59. The molecule has 0 bridgehead atoms. The van der Waals surface area contributed by atoms with Crippen LogP contribution in [-0.2, 0) is 11.0 Å². The van der Waals surface area contributed by atoms with E-state index in [2.05, 4.69) is 15.3 Å². The average Bonchev–Trinajstić information content (AvgIpc) is 2.33. The summed E-state index contributed by atoms with van der Waals surface area (Å²) in [4.78, 5) is 19.7. The fourth-order valence-corrected chi connectivity index (χ4v) is 1.77. The first-order valence-corrected chi connectivity index (χ1v) is 6.67. The molecule has 0 saturated heterocycles. The molecule has 5 nitrogen and oxygen atoms in total. The van der Waals surface area contributed by atoms with Crippen LogP contribution >= 0.6 is 11.6 Å². The number of likely N-dealkylation sites (N-methyl/N-ethyl adjacent to an activating group) is 1. The zero-order chi connectivity index (χ0) is 16.2. The highest BCUT2D eigenvalue weighted by Gasteiger charge is 2.35. The lowest BCUT2D eigenvalue weighted by Gasteiger charge is -2.22. The maximum Gasteiger partial charge on any atom is 0.451 e. The number of anilines is 1. The van der Waals surface area contributed by atoms with E-state index in [9.17, 15) is 18.0 Å². The molecule has 0 unspecified atom stereocenters. The molecule has 0 aliphatic rings. The van der Waals surface area contributed by atoms with E-state index in [1.165, 1.54) is 11.0 Å². The molecule has 1 amide bonds. The highest BCUT2D eigenvalue weighted by atomic mass is 35.5. The Morgan fingerprint density at radius 1 is 1.43 bits per heavy atom. The molecule has 1 rings (SSSR count). The van der Waals surface area contributed by atoms with Crippen molar-refractivity contribution < 1.29 is 18.0 Å². The molecule has 0 aliphatic heterocycles. The van der Waals surface area contributed by atoms with E-state index in [-0.39, 0.29) is 29.5 Å². The summed E-state index contributed by atoms with van der Waals surface area (Å²) >= 11 is 5.60. The molecule has 0 radical (unpaired) electrons. The summed E-state index contributed by atoms with van der Waals surface area (Å²) in [6, 6.07) is 1.14. The van der Waals surface area contributed by atoms with E-state index in [0.29, 0.717) is 6.54 Å². The number of rotatable bonds is 5. The predicted molar refractivity (Wildman–Crippen MR) is 73.2 cm³/mol. The van der Waals surface area contributed by atoms with Crippen molar-refractivity contribution in [2.45, 2.75) is 33.0 Å². The van der Waals surface area contributed by atoms with Crippen LogP contribution in [0.3, 0.4) is 0 Å². The first-order chi connectivity index (χ1) is 9.63. The normalized spacial score (nSPS) is 11.6. The highest BCUT2D eigenvalue weighted by Crippen LogP contribution is 2.29. The molecule has 1 aromatic heterocycles. The number of carbonyl (C=O) groups excluding carboxylic acids is 1. The van der Waals surface area contributed by atoms with Crippen molar-refractivity contribution >= 4 is 23.3 Å². The Morgan fingerprint density at radius 2 is 2.05 bits per heavy atom. The minimum absolute atomic E-state index is 0.0382. The standard InChI is InChI=1S/C12H16ClF3N4O/c1-4-20(6-10(21)17-7(2)3)9-5-8(13)18-11(19-9)12(14,15)16/h5,7H,4,6H2,1-3H3,(H,17,21). The van der Waals surface area contributed by atoms with Crippen LogP contribution in [0.1, 0.15) is 26.6 Å². The van der Waals surface area contributed by atoms with E-state index in [1.807, 2.05) is 0 Å². The second kappa shape index (κ2) is 6.93. The molecule has 118 valence electrons. The Bertz CT molecular complexity index is 508. The third kappa shape index (κ3) is 5.37. The van der Waals surface area contributed by atoms with Gasteiger partial charge in [0.15, 0.2) is 0 Å². The zero-order valence-corrected chi connectivity index (χ0v) is 12.6. The Labute approximate surface area is 125 Å². The highest BCUT2D eigenvalue weighted by molar-refractivity contribution is 6.29. The van der Waals surface area contributed by atoms with Crippen molar-refractivity contribution in [3.63, 3.8) is 0 Å². The van der Waals surface area contributed by atoms with Gasteiger partial charge in [0.05, 0.1) is 6.54 Å². The van der Waals surface area contributed by atoms with Gasteiger partial charge in [-0.1, -0.05) is 11.6 Å². The molecule has 9 heteroatoms. The number of hydrogen-bond donors (Lipinski definition) is 1. The van der Waals surface area contributed by atoms with Crippen molar-refractivity contribution in [1.82, 2.24) is 15.3 Å². The van der Waals surface area contributed by atoms with Gasteiger partial charge in [0.25, 0.3) is 0 Å². The molecule has 1 N–H and O–H groups in total. The molecule has 0 spiro atoms. The lowest BCUT2D eigenvalue weighted by molar-refractivity contribution is -0.144. The number of carbonyl (C=O) groups is 1. The molecule has 0 fully saturated rings. The molecular formula is C12H16ClF3N4O. The van der Waals surface area contributed by atoms with Gasteiger partial charge >= 0.3 is 6.18 Å². The largest absolute Gasteiger partial charge is 0.451 e. The van der Waals surface area contributed by atoms with E-state index in [1.54, 1.807) is 20.8 Å². The van der Waals surface area contributed by atoms with Gasteiger partial charge in [0, 0.05) is 18.7 Å². The van der Waals surface area contributed by atoms with Gasteiger partial charge in [0.2, 0.25) is 11.7 Å². The summed E-state index contributed by atoms with van der Waals surface area (Å²) in [5.41, 5.74) is 0. The van der Waals surface area contributed by atoms with Crippen molar-refractivity contribution in [2.24, 2.45) is 0 Å². The molecule has 21 heavy (non-hydrogen) atoms. The predicted octanol–water partition coefficient (Wildman–Crippen LogP) is 2.50.